The Bertz CT molecular complexity index is 415. The molecule has 2 aliphatic rings. The Labute approximate surface area is 115 Å². The highest BCUT2D eigenvalue weighted by molar-refractivity contribution is 5.57. The number of benzene rings is 1. The molecule has 0 bridgehead atoms. The van der Waals surface area contributed by atoms with Crippen LogP contribution in [0.15, 0.2) is 24.3 Å². The summed E-state index contributed by atoms with van der Waals surface area (Å²) < 4.78 is 5.51. The predicted molar refractivity (Wildman–Crippen MR) is 78.6 cm³/mol. The maximum atomic E-state index is 5.51. The zero-order valence-electron chi connectivity index (χ0n) is 11.8. The lowest BCUT2D eigenvalue weighted by molar-refractivity contribution is 0.186. The molecular formula is C16H24N2O. The molecule has 1 aromatic rings. The fourth-order valence-corrected chi connectivity index (χ4v) is 3.32. The van der Waals surface area contributed by atoms with E-state index in [0.717, 1.165) is 32.8 Å². The van der Waals surface area contributed by atoms with Crippen molar-refractivity contribution in [2.45, 2.75) is 25.8 Å². The quantitative estimate of drug-likeness (QED) is 0.900. The first-order valence-electron chi connectivity index (χ1n) is 7.53. The van der Waals surface area contributed by atoms with Gasteiger partial charge in [-0.3, -0.25) is 0 Å². The molecule has 2 atom stereocenters. The third kappa shape index (κ3) is 2.77. The number of nitrogens with zero attached hydrogens (tertiary/aromatic N) is 1. The average Bonchev–Trinajstić information content (AvgIpc) is 2.95. The van der Waals surface area contributed by atoms with Crippen molar-refractivity contribution in [1.82, 2.24) is 5.32 Å². The van der Waals surface area contributed by atoms with Crippen LogP contribution in [0.3, 0.4) is 0 Å². The number of ether oxygens (including phenoxy) is 1. The number of rotatable bonds is 4. The molecule has 2 heterocycles. The summed E-state index contributed by atoms with van der Waals surface area (Å²) in [6.45, 7) is 7.41. The zero-order chi connectivity index (χ0) is 13.1. The fourth-order valence-electron chi connectivity index (χ4n) is 3.32. The molecule has 1 fully saturated rings. The molecule has 0 aromatic heterocycles. The van der Waals surface area contributed by atoms with Gasteiger partial charge in [-0.25, -0.2) is 0 Å². The molecule has 2 aliphatic heterocycles. The number of hydrogen-bond acceptors (Lipinski definition) is 3. The van der Waals surface area contributed by atoms with E-state index in [1.165, 1.54) is 24.1 Å². The van der Waals surface area contributed by atoms with Crippen LogP contribution in [0.5, 0.6) is 0 Å². The summed E-state index contributed by atoms with van der Waals surface area (Å²) in [6.07, 6.45) is 2.42. The lowest BCUT2D eigenvalue weighted by Gasteiger charge is -2.37. The van der Waals surface area contributed by atoms with E-state index in [-0.39, 0.29) is 0 Å². The third-order valence-corrected chi connectivity index (χ3v) is 4.29. The van der Waals surface area contributed by atoms with Gasteiger partial charge >= 0.3 is 0 Å². The second-order valence-corrected chi connectivity index (χ2v) is 5.63. The van der Waals surface area contributed by atoms with E-state index < -0.39 is 0 Å². The van der Waals surface area contributed by atoms with Gasteiger partial charge in [-0.15, -0.1) is 0 Å². The Hall–Kier alpha value is -1.06. The van der Waals surface area contributed by atoms with Crippen LogP contribution < -0.4 is 10.2 Å². The van der Waals surface area contributed by atoms with Gasteiger partial charge in [-0.2, -0.15) is 0 Å². The first-order chi connectivity index (χ1) is 9.38. The Morgan fingerprint density at radius 3 is 3.00 bits per heavy atom. The van der Waals surface area contributed by atoms with Crippen LogP contribution in [0, 0.1) is 5.92 Å². The molecule has 0 spiro atoms. The molecule has 3 heteroatoms. The smallest absolute Gasteiger partial charge is 0.0512 e. The van der Waals surface area contributed by atoms with Crippen molar-refractivity contribution < 1.29 is 4.74 Å². The first-order valence-corrected chi connectivity index (χ1v) is 7.53. The fraction of sp³-hybridized carbons (Fsp3) is 0.625. The second-order valence-electron chi connectivity index (χ2n) is 5.63. The number of para-hydroxylation sites is 1. The number of hydrogen-bond donors (Lipinski definition) is 1. The normalized spacial score (nSPS) is 26.5. The lowest BCUT2D eigenvalue weighted by atomic mass is 9.95. The van der Waals surface area contributed by atoms with Gasteiger partial charge in [0.15, 0.2) is 0 Å². The molecule has 0 amide bonds. The zero-order valence-corrected chi connectivity index (χ0v) is 11.8. The van der Waals surface area contributed by atoms with Gasteiger partial charge in [0.1, 0.15) is 0 Å². The van der Waals surface area contributed by atoms with Crippen molar-refractivity contribution in [3.63, 3.8) is 0 Å². The molecule has 3 rings (SSSR count). The number of anilines is 1. The first kappa shape index (κ1) is 12.9. The highest BCUT2D eigenvalue weighted by Crippen LogP contribution is 2.34. The van der Waals surface area contributed by atoms with Crippen LogP contribution in [0.1, 0.15) is 31.4 Å². The molecule has 0 radical (unpaired) electrons. The summed E-state index contributed by atoms with van der Waals surface area (Å²) in [5.41, 5.74) is 2.89. The highest BCUT2D eigenvalue weighted by atomic mass is 16.5. The Balaban J connectivity index is 1.77. The van der Waals surface area contributed by atoms with Crippen LogP contribution >= 0.6 is 0 Å². The minimum atomic E-state index is 0.525. The second kappa shape index (κ2) is 5.93. The van der Waals surface area contributed by atoms with Crippen molar-refractivity contribution in [2.75, 3.05) is 37.7 Å². The van der Waals surface area contributed by atoms with E-state index in [4.69, 9.17) is 4.74 Å². The monoisotopic (exact) mass is 260 g/mol. The predicted octanol–water partition coefficient (Wildman–Crippen LogP) is 2.58. The van der Waals surface area contributed by atoms with Gasteiger partial charge in [-0.1, -0.05) is 25.1 Å². The minimum absolute atomic E-state index is 0.525. The van der Waals surface area contributed by atoms with Crippen LogP contribution in [-0.2, 0) is 4.74 Å². The molecule has 1 N–H and O–H groups in total. The van der Waals surface area contributed by atoms with Crippen LogP contribution in [0.25, 0.3) is 0 Å². The van der Waals surface area contributed by atoms with E-state index in [9.17, 15) is 0 Å². The molecule has 104 valence electrons. The SMILES string of the molecule is CCNC1CCN(CC2CCOC2)c2ccccc21. The van der Waals surface area contributed by atoms with E-state index in [1.807, 2.05) is 0 Å². The van der Waals surface area contributed by atoms with Crippen LogP contribution in [0.4, 0.5) is 5.69 Å². The molecular weight excluding hydrogens is 236 g/mol. The number of fused-ring (bicyclic) bond motifs is 1. The summed E-state index contributed by atoms with van der Waals surface area (Å²) in [5.74, 6) is 0.712. The van der Waals surface area contributed by atoms with Crippen molar-refractivity contribution >= 4 is 5.69 Å². The topological polar surface area (TPSA) is 24.5 Å². The largest absolute Gasteiger partial charge is 0.381 e. The van der Waals surface area contributed by atoms with Gasteiger partial charge in [0.2, 0.25) is 0 Å². The molecule has 2 unspecified atom stereocenters. The van der Waals surface area contributed by atoms with E-state index in [0.29, 0.717) is 12.0 Å². The van der Waals surface area contributed by atoms with Crippen LogP contribution in [-0.4, -0.2) is 32.8 Å². The average molecular weight is 260 g/mol. The van der Waals surface area contributed by atoms with Crippen molar-refractivity contribution in [1.29, 1.82) is 0 Å². The maximum Gasteiger partial charge on any atom is 0.0512 e. The van der Waals surface area contributed by atoms with E-state index >= 15 is 0 Å². The van der Waals surface area contributed by atoms with Gasteiger partial charge in [0, 0.05) is 37.3 Å². The Kier molecular flexibility index (Phi) is 4.04. The van der Waals surface area contributed by atoms with Gasteiger partial charge < -0.3 is 15.0 Å². The lowest BCUT2D eigenvalue weighted by Crippen LogP contribution is -2.38. The third-order valence-electron chi connectivity index (χ3n) is 4.29. The standard InChI is InChI=1S/C16H24N2O/c1-2-17-15-7-9-18(11-13-8-10-19-12-13)16-6-4-3-5-14(15)16/h3-6,13,15,17H,2,7-12H2,1H3. The van der Waals surface area contributed by atoms with Gasteiger partial charge in [0.05, 0.1) is 6.61 Å². The van der Waals surface area contributed by atoms with E-state index in [1.54, 1.807) is 0 Å². The van der Waals surface area contributed by atoms with E-state index in [2.05, 4.69) is 41.4 Å². The summed E-state index contributed by atoms with van der Waals surface area (Å²) in [6, 6.07) is 9.39. The number of nitrogens with one attached hydrogen (secondary N) is 1. The van der Waals surface area contributed by atoms with Crippen molar-refractivity contribution in [3.8, 4) is 0 Å². The summed E-state index contributed by atoms with van der Waals surface area (Å²) in [5, 5.41) is 3.60. The summed E-state index contributed by atoms with van der Waals surface area (Å²) in [7, 11) is 0. The molecule has 3 nitrogen and oxygen atoms in total. The van der Waals surface area contributed by atoms with Crippen molar-refractivity contribution in [3.05, 3.63) is 29.8 Å². The van der Waals surface area contributed by atoms with Gasteiger partial charge in [-0.05, 0) is 31.0 Å². The molecule has 0 saturated carbocycles. The molecule has 0 aliphatic carbocycles. The minimum Gasteiger partial charge on any atom is -0.381 e. The van der Waals surface area contributed by atoms with Crippen molar-refractivity contribution in [2.24, 2.45) is 5.92 Å². The summed E-state index contributed by atoms with van der Waals surface area (Å²) in [4.78, 5) is 2.56. The molecule has 1 aromatic carbocycles. The maximum absolute atomic E-state index is 5.51. The van der Waals surface area contributed by atoms with Gasteiger partial charge in [0.25, 0.3) is 0 Å². The Morgan fingerprint density at radius 2 is 2.21 bits per heavy atom. The highest BCUT2D eigenvalue weighted by Gasteiger charge is 2.26. The molecule has 1 saturated heterocycles. The Morgan fingerprint density at radius 1 is 1.32 bits per heavy atom. The van der Waals surface area contributed by atoms with Crippen LogP contribution in [0.2, 0.25) is 0 Å². The summed E-state index contributed by atoms with van der Waals surface area (Å²) >= 11 is 0. The molecule has 19 heavy (non-hydrogen) atoms.